The van der Waals surface area contributed by atoms with Gasteiger partial charge in [0, 0.05) is 0 Å². The number of hydrogen-bond acceptors (Lipinski definition) is 4. The molecule has 0 bridgehead atoms. The summed E-state index contributed by atoms with van der Waals surface area (Å²) in [6, 6.07) is -1.06. The number of fused-ring (bicyclic) bond motifs is 1. The van der Waals surface area contributed by atoms with Gasteiger partial charge in [0.25, 0.3) is 0 Å². The Balaban J connectivity index is 0.00000112. The predicted octanol–water partition coefficient (Wildman–Crippen LogP) is -2.28. The van der Waals surface area contributed by atoms with Crippen LogP contribution in [0.25, 0.3) is 0 Å². The van der Waals surface area contributed by atoms with Crippen molar-refractivity contribution in [3.8, 4) is 0 Å². The van der Waals surface area contributed by atoms with Crippen LogP contribution in [0, 0.1) is 0 Å². The Bertz CT molecular complexity index is 329. The number of aliphatic hydroxyl groups is 1. The van der Waals surface area contributed by atoms with E-state index in [4.69, 9.17) is 14.9 Å². The number of carboxylic acids is 1. The van der Waals surface area contributed by atoms with E-state index in [9.17, 15) is 9.59 Å². The van der Waals surface area contributed by atoms with Gasteiger partial charge in [0.2, 0.25) is 5.91 Å². The van der Waals surface area contributed by atoms with E-state index in [0.29, 0.717) is 0 Å². The van der Waals surface area contributed by atoms with Gasteiger partial charge in [-0.2, -0.15) is 0 Å². The van der Waals surface area contributed by atoms with Crippen LogP contribution in [0.3, 0.4) is 0 Å². The standard InChI is InChI=1S/C8H9NO5.Bi.3H/c10-2-1-4-7(8(12)13)9-5(11)3-6(9)14-4;;;;/h1,6-7,10H,2-3H2,(H,12,13);;;;/b4-1-;;;;/t6-,7-;;;;/m1..../s1. The summed E-state index contributed by atoms with van der Waals surface area (Å²) in [5, 5.41) is 17.5. The third-order valence-electron chi connectivity index (χ3n) is 2.29. The van der Waals surface area contributed by atoms with Crippen molar-refractivity contribution in [2.75, 3.05) is 6.61 Å². The molecular weight excluding hydrogens is 399 g/mol. The van der Waals surface area contributed by atoms with Crippen LogP contribution in [0.2, 0.25) is 0 Å². The van der Waals surface area contributed by atoms with Crippen LogP contribution in [0.4, 0.5) is 0 Å². The first-order valence-electron chi connectivity index (χ1n) is 4.16. The zero-order chi connectivity index (χ0) is 10.3. The molecule has 6 nitrogen and oxygen atoms in total. The predicted molar refractivity (Wildman–Crippen MR) is 52.9 cm³/mol. The number of carbonyl (C=O) groups is 2. The topological polar surface area (TPSA) is 87.1 Å². The number of rotatable bonds is 2. The minimum absolute atomic E-state index is 0. The Hall–Kier alpha value is -0.677. The van der Waals surface area contributed by atoms with Crippen molar-refractivity contribution in [3.05, 3.63) is 11.8 Å². The van der Waals surface area contributed by atoms with Gasteiger partial charge in [-0.25, -0.2) is 4.79 Å². The van der Waals surface area contributed by atoms with Crippen LogP contribution >= 0.6 is 0 Å². The van der Waals surface area contributed by atoms with E-state index in [-0.39, 0.29) is 50.9 Å². The fourth-order valence-corrected chi connectivity index (χ4v) is 1.66. The summed E-state index contributed by atoms with van der Waals surface area (Å²) in [6.07, 6.45) is 1.03. The number of hydrogen-bond donors (Lipinski definition) is 2. The van der Waals surface area contributed by atoms with Crippen molar-refractivity contribution < 1.29 is 24.5 Å². The van der Waals surface area contributed by atoms with Crippen LogP contribution in [0.15, 0.2) is 11.8 Å². The molecule has 0 saturated carbocycles. The van der Waals surface area contributed by atoms with Crippen molar-refractivity contribution in [1.29, 1.82) is 0 Å². The number of nitrogens with zero attached hydrogens (tertiary/aromatic N) is 1. The zero-order valence-corrected chi connectivity index (χ0v) is 13.4. The van der Waals surface area contributed by atoms with Gasteiger partial charge in [-0.05, 0) is 6.08 Å². The minimum atomic E-state index is -1.14. The summed E-state index contributed by atoms with van der Waals surface area (Å²) in [4.78, 5) is 23.1. The van der Waals surface area contributed by atoms with Crippen molar-refractivity contribution in [2.45, 2.75) is 18.7 Å². The quantitative estimate of drug-likeness (QED) is 0.395. The molecule has 2 rings (SSSR count). The molecule has 0 aromatic carbocycles. The summed E-state index contributed by atoms with van der Waals surface area (Å²) in [5.74, 6) is -1.22. The molecule has 0 radical (unpaired) electrons. The van der Waals surface area contributed by atoms with Gasteiger partial charge in [-0.15, -0.1) is 0 Å². The van der Waals surface area contributed by atoms with E-state index in [1.165, 1.54) is 11.0 Å². The van der Waals surface area contributed by atoms with Crippen molar-refractivity contribution in [1.82, 2.24) is 4.90 Å². The SMILES string of the molecule is O=C(O)[C@H]1/C(=C/CO)O[C@@H]2CC(=O)N21.[BiH3]. The van der Waals surface area contributed by atoms with Crippen molar-refractivity contribution in [3.63, 3.8) is 0 Å². The molecule has 15 heavy (non-hydrogen) atoms. The molecule has 2 N–H and O–H groups in total. The van der Waals surface area contributed by atoms with E-state index < -0.39 is 18.2 Å². The molecule has 7 heteroatoms. The van der Waals surface area contributed by atoms with Gasteiger partial charge in [0.05, 0.1) is 13.0 Å². The van der Waals surface area contributed by atoms with Crippen molar-refractivity contribution in [2.24, 2.45) is 0 Å². The summed E-state index contributed by atoms with van der Waals surface area (Å²) in [7, 11) is 0. The van der Waals surface area contributed by atoms with E-state index in [1.807, 2.05) is 0 Å². The number of ether oxygens (including phenoxy) is 1. The van der Waals surface area contributed by atoms with Crippen LogP contribution < -0.4 is 0 Å². The number of β-lactam (4-membered cyclic amide) rings is 1. The van der Waals surface area contributed by atoms with E-state index in [1.54, 1.807) is 0 Å². The first-order chi connectivity index (χ1) is 6.65. The molecule has 2 fully saturated rings. The van der Waals surface area contributed by atoms with E-state index >= 15 is 0 Å². The summed E-state index contributed by atoms with van der Waals surface area (Å²) in [6.45, 7) is -0.298. The molecule has 2 heterocycles. The molecule has 0 aliphatic carbocycles. The summed E-state index contributed by atoms with van der Waals surface area (Å²) < 4.78 is 5.17. The molecule has 84 valence electrons. The average Bonchev–Trinajstić information content (AvgIpc) is 2.39. The van der Waals surface area contributed by atoms with Gasteiger partial charge >= 0.3 is 32.2 Å². The average molecular weight is 411 g/mol. The first kappa shape index (κ1) is 12.4. The molecule has 2 aliphatic rings. The molecule has 2 atom stereocenters. The Morgan fingerprint density at radius 2 is 2.33 bits per heavy atom. The third kappa shape index (κ3) is 1.86. The number of aliphatic carboxylic acids is 1. The molecular formula is C8H12BiNO5. The van der Waals surface area contributed by atoms with Crippen LogP contribution in [-0.2, 0) is 14.3 Å². The maximum absolute atomic E-state index is 11.1. The maximum atomic E-state index is 11.1. The van der Waals surface area contributed by atoms with Crippen LogP contribution in [-0.4, -0.2) is 72.1 Å². The van der Waals surface area contributed by atoms with Gasteiger partial charge < -0.3 is 14.9 Å². The fraction of sp³-hybridized carbons (Fsp3) is 0.500. The van der Waals surface area contributed by atoms with Gasteiger partial charge in [0.1, 0.15) is 5.76 Å². The molecule has 0 spiro atoms. The second-order valence-electron chi connectivity index (χ2n) is 3.11. The van der Waals surface area contributed by atoms with Gasteiger partial charge in [0.15, 0.2) is 12.3 Å². The fourth-order valence-electron chi connectivity index (χ4n) is 1.66. The molecule has 0 aromatic rings. The number of aliphatic hydroxyl groups excluding tert-OH is 1. The van der Waals surface area contributed by atoms with Gasteiger partial charge in [-0.1, -0.05) is 0 Å². The Morgan fingerprint density at radius 3 is 2.80 bits per heavy atom. The van der Waals surface area contributed by atoms with Gasteiger partial charge in [-0.3, -0.25) is 9.69 Å². The third-order valence-corrected chi connectivity index (χ3v) is 2.29. The number of amides is 1. The monoisotopic (exact) mass is 411 g/mol. The van der Waals surface area contributed by atoms with E-state index in [0.717, 1.165) is 0 Å². The second kappa shape index (κ2) is 4.45. The molecule has 1 amide bonds. The Kier molecular flexibility index (Phi) is 3.68. The Labute approximate surface area is 105 Å². The zero-order valence-electron chi connectivity index (χ0n) is 7.92. The summed E-state index contributed by atoms with van der Waals surface area (Å²) >= 11 is 0. The molecule has 2 aliphatic heterocycles. The molecule has 2 saturated heterocycles. The summed E-state index contributed by atoms with van der Waals surface area (Å²) in [5.41, 5.74) is 0. The normalized spacial score (nSPS) is 30.3. The second-order valence-corrected chi connectivity index (χ2v) is 3.11. The molecule has 0 aromatic heterocycles. The van der Waals surface area contributed by atoms with E-state index in [2.05, 4.69) is 0 Å². The molecule has 0 unspecified atom stereocenters. The van der Waals surface area contributed by atoms with Crippen LogP contribution in [0.1, 0.15) is 6.42 Å². The first-order valence-corrected chi connectivity index (χ1v) is 4.16. The Morgan fingerprint density at radius 1 is 1.67 bits per heavy atom. The number of carbonyl (C=O) groups excluding carboxylic acids is 1. The van der Waals surface area contributed by atoms with Crippen molar-refractivity contribution >= 4 is 38.1 Å². The number of carboxylic acid groups (broad SMARTS) is 1. The van der Waals surface area contributed by atoms with Crippen LogP contribution in [0.5, 0.6) is 0 Å².